The minimum Gasteiger partial charge on any atom is -0.393 e. The van der Waals surface area contributed by atoms with Gasteiger partial charge in [-0.25, -0.2) is 4.39 Å². The van der Waals surface area contributed by atoms with Crippen LogP contribution in [-0.2, 0) is 0 Å². The van der Waals surface area contributed by atoms with Gasteiger partial charge in [0.05, 0.1) is 16.7 Å². The third-order valence-corrected chi connectivity index (χ3v) is 5.69. The summed E-state index contributed by atoms with van der Waals surface area (Å²) < 4.78 is 13.5. The molecule has 22 heavy (non-hydrogen) atoms. The maximum atomic E-state index is 13.5. The third kappa shape index (κ3) is 2.99. The van der Waals surface area contributed by atoms with Crippen molar-refractivity contribution in [2.75, 3.05) is 13.1 Å². The second-order valence-corrected chi connectivity index (χ2v) is 7.00. The molecule has 3 nitrogen and oxygen atoms in total. The number of amides is 1. The number of aliphatic hydroxyl groups is 1. The fourth-order valence-corrected chi connectivity index (χ4v) is 3.95. The van der Waals surface area contributed by atoms with Crippen molar-refractivity contribution in [2.45, 2.75) is 44.6 Å². The smallest absolute Gasteiger partial charge is 0.255 e. The van der Waals surface area contributed by atoms with Crippen LogP contribution in [0.5, 0.6) is 0 Å². The summed E-state index contributed by atoms with van der Waals surface area (Å²) in [5, 5.41) is 9.56. The van der Waals surface area contributed by atoms with Crippen molar-refractivity contribution in [1.29, 1.82) is 0 Å². The van der Waals surface area contributed by atoms with E-state index in [9.17, 15) is 14.3 Å². The van der Waals surface area contributed by atoms with Gasteiger partial charge in [-0.15, -0.1) is 0 Å². The fraction of sp³-hybridized carbons (Fsp3) is 0.588. The molecule has 3 rings (SSSR count). The van der Waals surface area contributed by atoms with Crippen LogP contribution in [0.2, 0.25) is 5.02 Å². The van der Waals surface area contributed by atoms with Crippen LogP contribution in [0.1, 0.15) is 48.9 Å². The predicted molar refractivity (Wildman–Crippen MR) is 83.5 cm³/mol. The van der Waals surface area contributed by atoms with Crippen LogP contribution in [-0.4, -0.2) is 35.1 Å². The number of likely N-dealkylation sites (tertiary alicyclic amines) is 1. The zero-order valence-electron chi connectivity index (χ0n) is 12.5. The lowest BCUT2D eigenvalue weighted by Crippen LogP contribution is -2.45. The van der Waals surface area contributed by atoms with Gasteiger partial charge >= 0.3 is 0 Å². The van der Waals surface area contributed by atoms with Crippen LogP contribution in [0.4, 0.5) is 4.39 Å². The Balaban J connectivity index is 1.66. The Hall–Kier alpha value is -1.13. The van der Waals surface area contributed by atoms with Crippen LogP contribution in [0.25, 0.3) is 0 Å². The molecule has 1 heterocycles. The Morgan fingerprint density at radius 2 is 1.86 bits per heavy atom. The molecule has 1 saturated carbocycles. The number of carbonyl (C=O) groups excluding carboxylic acids is 1. The summed E-state index contributed by atoms with van der Waals surface area (Å²) >= 11 is 5.92. The highest BCUT2D eigenvalue weighted by atomic mass is 35.5. The zero-order valence-corrected chi connectivity index (χ0v) is 13.3. The minimum atomic E-state index is -0.553. The van der Waals surface area contributed by atoms with Gasteiger partial charge in [-0.1, -0.05) is 17.7 Å². The van der Waals surface area contributed by atoms with Crippen LogP contribution >= 0.6 is 11.6 Å². The Labute approximate surface area is 135 Å². The first-order chi connectivity index (χ1) is 10.5. The van der Waals surface area contributed by atoms with Crippen molar-refractivity contribution in [3.05, 3.63) is 34.6 Å². The third-order valence-electron chi connectivity index (χ3n) is 5.31. The molecule has 1 aliphatic heterocycles. The molecule has 0 radical (unpaired) electrons. The van der Waals surface area contributed by atoms with Crippen molar-refractivity contribution in [3.8, 4) is 0 Å². The van der Waals surface area contributed by atoms with Crippen molar-refractivity contribution in [1.82, 2.24) is 4.90 Å². The van der Waals surface area contributed by atoms with E-state index >= 15 is 0 Å². The van der Waals surface area contributed by atoms with Gasteiger partial charge in [0.2, 0.25) is 0 Å². The Kier molecular flexibility index (Phi) is 4.42. The summed E-state index contributed by atoms with van der Waals surface area (Å²) in [5.74, 6) is -0.738. The number of hydrogen-bond acceptors (Lipinski definition) is 2. The molecule has 0 atom stereocenters. The van der Waals surface area contributed by atoms with Gasteiger partial charge in [-0.05, 0) is 56.1 Å². The van der Waals surface area contributed by atoms with Crippen molar-refractivity contribution in [3.63, 3.8) is 0 Å². The molecule has 1 spiro atoms. The van der Waals surface area contributed by atoms with E-state index in [2.05, 4.69) is 0 Å². The first-order valence-electron chi connectivity index (χ1n) is 7.92. The normalized spacial score (nSPS) is 22.0. The summed E-state index contributed by atoms with van der Waals surface area (Å²) in [6.07, 6.45) is 5.56. The fourth-order valence-electron chi connectivity index (χ4n) is 3.74. The highest BCUT2D eigenvalue weighted by Gasteiger charge is 2.38. The van der Waals surface area contributed by atoms with Gasteiger partial charge in [0, 0.05) is 13.1 Å². The van der Waals surface area contributed by atoms with Gasteiger partial charge in [-0.3, -0.25) is 4.79 Å². The van der Waals surface area contributed by atoms with Crippen LogP contribution in [0, 0.1) is 11.2 Å². The molecule has 1 amide bonds. The largest absolute Gasteiger partial charge is 0.393 e. The number of rotatable bonds is 1. The van der Waals surface area contributed by atoms with Crippen molar-refractivity contribution >= 4 is 17.5 Å². The van der Waals surface area contributed by atoms with Gasteiger partial charge in [0.1, 0.15) is 5.82 Å². The maximum Gasteiger partial charge on any atom is 0.255 e. The molecule has 5 heteroatoms. The molecule has 1 saturated heterocycles. The average Bonchev–Trinajstić information content (AvgIpc) is 2.53. The monoisotopic (exact) mass is 325 g/mol. The summed E-state index contributed by atoms with van der Waals surface area (Å²) in [4.78, 5) is 14.3. The van der Waals surface area contributed by atoms with Crippen LogP contribution in [0.15, 0.2) is 18.2 Å². The van der Waals surface area contributed by atoms with Gasteiger partial charge in [0.15, 0.2) is 0 Å². The molecule has 1 aromatic rings. The zero-order chi connectivity index (χ0) is 15.7. The topological polar surface area (TPSA) is 40.5 Å². The average molecular weight is 326 g/mol. The molecule has 0 bridgehead atoms. The first-order valence-corrected chi connectivity index (χ1v) is 8.30. The predicted octanol–water partition coefficient (Wildman–Crippen LogP) is 3.64. The van der Waals surface area contributed by atoms with E-state index < -0.39 is 5.82 Å². The van der Waals surface area contributed by atoms with Crippen LogP contribution < -0.4 is 0 Å². The van der Waals surface area contributed by atoms with Gasteiger partial charge in [-0.2, -0.15) is 0 Å². The molecule has 2 fully saturated rings. The van der Waals surface area contributed by atoms with Gasteiger partial charge in [0.25, 0.3) is 5.91 Å². The standard InChI is InChI=1S/C17H21ClFNO2/c18-15-13(2-1-3-14(15)19)16(22)20-10-8-17(9-11-20)6-4-12(21)5-7-17/h1-3,12,21H,4-11H2. The first kappa shape index (κ1) is 15.8. The van der Waals surface area contributed by atoms with E-state index in [-0.39, 0.29) is 28.0 Å². The SMILES string of the molecule is O=C(c1cccc(F)c1Cl)N1CCC2(CCC(O)CC2)CC1. The summed E-state index contributed by atoms with van der Waals surface area (Å²) in [5.41, 5.74) is 0.526. The molecule has 1 N–H and O–H groups in total. The summed E-state index contributed by atoms with van der Waals surface area (Å²) in [6.45, 7) is 1.36. The lowest BCUT2D eigenvalue weighted by atomic mass is 9.67. The molecule has 0 unspecified atom stereocenters. The molecule has 120 valence electrons. The van der Waals surface area contributed by atoms with E-state index in [0.717, 1.165) is 38.5 Å². The number of nitrogens with zero attached hydrogens (tertiary/aromatic N) is 1. The molecule has 0 aromatic heterocycles. The number of benzene rings is 1. The Bertz CT molecular complexity index is 560. The second kappa shape index (κ2) is 6.17. The van der Waals surface area contributed by atoms with Gasteiger partial charge < -0.3 is 10.0 Å². The van der Waals surface area contributed by atoms with E-state index in [1.807, 2.05) is 0 Å². The summed E-state index contributed by atoms with van der Waals surface area (Å²) in [6, 6.07) is 4.36. The molecule has 1 aromatic carbocycles. The molecular weight excluding hydrogens is 305 g/mol. The molecular formula is C17H21ClFNO2. The highest BCUT2D eigenvalue weighted by Crippen LogP contribution is 2.44. The lowest BCUT2D eigenvalue weighted by molar-refractivity contribution is 0.0168. The van der Waals surface area contributed by atoms with Crippen LogP contribution in [0.3, 0.4) is 0 Å². The Morgan fingerprint density at radius 3 is 2.50 bits per heavy atom. The minimum absolute atomic E-state index is 0.0893. The van der Waals surface area contributed by atoms with E-state index in [1.54, 1.807) is 11.0 Å². The molecule has 1 aliphatic carbocycles. The maximum absolute atomic E-state index is 13.5. The van der Waals surface area contributed by atoms with Crippen molar-refractivity contribution < 1.29 is 14.3 Å². The second-order valence-electron chi connectivity index (χ2n) is 6.62. The van der Waals surface area contributed by atoms with E-state index in [4.69, 9.17) is 11.6 Å². The van der Waals surface area contributed by atoms with Crippen molar-refractivity contribution in [2.24, 2.45) is 5.41 Å². The number of hydrogen-bond donors (Lipinski definition) is 1. The van der Waals surface area contributed by atoms with E-state index in [1.165, 1.54) is 12.1 Å². The number of piperidine rings is 1. The quantitative estimate of drug-likeness (QED) is 0.856. The summed E-state index contributed by atoms with van der Waals surface area (Å²) in [7, 11) is 0. The van der Waals surface area contributed by atoms with E-state index in [0.29, 0.717) is 13.1 Å². The Morgan fingerprint density at radius 1 is 1.23 bits per heavy atom. The number of aliphatic hydroxyl groups excluding tert-OH is 1. The molecule has 2 aliphatic rings. The number of halogens is 2. The number of carbonyl (C=O) groups is 1. The highest BCUT2D eigenvalue weighted by molar-refractivity contribution is 6.34. The lowest BCUT2D eigenvalue weighted by Gasteiger charge is -2.45.